The number of hydrogen-bond donors (Lipinski definition) is 3. The molecule has 1 aliphatic heterocycles. The van der Waals surface area contributed by atoms with Crippen LogP contribution in [0.1, 0.15) is 18.4 Å². The molecule has 0 saturated carbocycles. The monoisotopic (exact) mass is 353 g/mol. The fourth-order valence-corrected chi connectivity index (χ4v) is 2.84. The molecule has 2 atom stereocenters. The predicted molar refractivity (Wildman–Crippen MR) is 101 cm³/mol. The fraction of sp³-hybridized carbons (Fsp3) is 0.300. The van der Waals surface area contributed by atoms with E-state index in [4.69, 9.17) is 10.5 Å². The van der Waals surface area contributed by atoms with E-state index in [0.29, 0.717) is 24.4 Å². The van der Waals surface area contributed by atoms with Gasteiger partial charge in [0.25, 0.3) is 5.91 Å². The highest BCUT2D eigenvalue weighted by atomic mass is 16.5. The predicted octanol–water partition coefficient (Wildman–Crippen LogP) is 2.31. The SMILES string of the molecule is NC(Cc1ccccc1)C(=O)Nc1ccc(NC(=O)C2CCCO2)cc1. The number of rotatable bonds is 6. The molecule has 136 valence electrons. The third-order valence-corrected chi connectivity index (χ3v) is 4.28. The number of benzene rings is 2. The summed E-state index contributed by atoms with van der Waals surface area (Å²) in [5.74, 6) is -0.380. The van der Waals surface area contributed by atoms with Crippen molar-refractivity contribution in [3.63, 3.8) is 0 Å². The van der Waals surface area contributed by atoms with Gasteiger partial charge in [0.15, 0.2) is 0 Å². The molecule has 0 radical (unpaired) electrons. The third kappa shape index (κ3) is 4.91. The molecule has 6 heteroatoms. The maximum absolute atomic E-state index is 12.2. The van der Waals surface area contributed by atoms with Crippen molar-refractivity contribution in [2.24, 2.45) is 5.73 Å². The summed E-state index contributed by atoms with van der Waals surface area (Å²) in [4.78, 5) is 24.2. The summed E-state index contributed by atoms with van der Waals surface area (Å²) in [7, 11) is 0. The van der Waals surface area contributed by atoms with Crippen LogP contribution in [0.15, 0.2) is 54.6 Å². The van der Waals surface area contributed by atoms with Crippen molar-refractivity contribution in [3.8, 4) is 0 Å². The Hall–Kier alpha value is -2.70. The molecule has 2 aromatic rings. The second kappa shape index (κ2) is 8.60. The number of ether oxygens (including phenoxy) is 1. The summed E-state index contributed by atoms with van der Waals surface area (Å²) in [6.45, 7) is 0.631. The average molecular weight is 353 g/mol. The number of amides is 2. The van der Waals surface area contributed by atoms with Crippen LogP contribution in [0.5, 0.6) is 0 Å². The Morgan fingerprint density at radius 2 is 1.69 bits per heavy atom. The van der Waals surface area contributed by atoms with E-state index >= 15 is 0 Å². The van der Waals surface area contributed by atoms with E-state index in [1.807, 2.05) is 30.3 Å². The van der Waals surface area contributed by atoms with Gasteiger partial charge in [-0.15, -0.1) is 0 Å². The van der Waals surface area contributed by atoms with Crippen LogP contribution in [0.3, 0.4) is 0 Å². The minimum atomic E-state index is -0.628. The number of carbonyl (C=O) groups is 2. The quantitative estimate of drug-likeness (QED) is 0.743. The Kier molecular flexibility index (Phi) is 5.99. The highest BCUT2D eigenvalue weighted by Gasteiger charge is 2.23. The molecule has 2 aromatic carbocycles. The van der Waals surface area contributed by atoms with Gasteiger partial charge in [-0.1, -0.05) is 30.3 Å². The van der Waals surface area contributed by atoms with Crippen LogP contribution in [0.25, 0.3) is 0 Å². The summed E-state index contributed by atoms with van der Waals surface area (Å²) in [6, 6.07) is 16.0. The molecule has 2 unspecified atom stereocenters. The van der Waals surface area contributed by atoms with Crippen LogP contribution in [-0.4, -0.2) is 30.6 Å². The van der Waals surface area contributed by atoms with Gasteiger partial charge >= 0.3 is 0 Å². The molecule has 26 heavy (non-hydrogen) atoms. The lowest BCUT2D eigenvalue weighted by atomic mass is 10.1. The van der Waals surface area contributed by atoms with Gasteiger partial charge in [0.2, 0.25) is 5.91 Å². The van der Waals surface area contributed by atoms with Crippen LogP contribution in [-0.2, 0) is 20.7 Å². The first-order chi connectivity index (χ1) is 12.6. The maximum atomic E-state index is 12.2. The first kappa shape index (κ1) is 18.1. The summed E-state index contributed by atoms with van der Waals surface area (Å²) >= 11 is 0. The molecular weight excluding hydrogens is 330 g/mol. The molecule has 1 aliphatic rings. The molecule has 1 fully saturated rings. The second-order valence-electron chi connectivity index (χ2n) is 6.35. The minimum Gasteiger partial charge on any atom is -0.368 e. The molecule has 0 aliphatic carbocycles. The molecule has 0 aromatic heterocycles. The Balaban J connectivity index is 1.51. The van der Waals surface area contributed by atoms with E-state index < -0.39 is 6.04 Å². The van der Waals surface area contributed by atoms with E-state index in [-0.39, 0.29) is 17.9 Å². The van der Waals surface area contributed by atoms with Gasteiger partial charge in [-0.25, -0.2) is 0 Å². The van der Waals surface area contributed by atoms with Crippen molar-refractivity contribution in [1.29, 1.82) is 0 Å². The number of anilines is 2. The first-order valence-electron chi connectivity index (χ1n) is 8.75. The average Bonchev–Trinajstić information content (AvgIpc) is 3.19. The molecule has 0 spiro atoms. The highest BCUT2D eigenvalue weighted by molar-refractivity contribution is 5.96. The number of carbonyl (C=O) groups excluding carboxylic acids is 2. The van der Waals surface area contributed by atoms with Crippen molar-refractivity contribution < 1.29 is 14.3 Å². The molecule has 2 amide bonds. The maximum Gasteiger partial charge on any atom is 0.253 e. The summed E-state index contributed by atoms with van der Waals surface area (Å²) < 4.78 is 5.36. The van der Waals surface area contributed by atoms with Gasteiger partial charge in [-0.3, -0.25) is 9.59 Å². The van der Waals surface area contributed by atoms with Gasteiger partial charge in [0.05, 0.1) is 6.04 Å². The van der Waals surface area contributed by atoms with Crippen LogP contribution in [0, 0.1) is 0 Å². The third-order valence-electron chi connectivity index (χ3n) is 4.28. The van der Waals surface area contributed by atoms with Gasteiger partial charge in [-0.2, -0.15) is 0 Å². The number of nitrogens with one attached hydrogen (secondary N) is 2. The van der Waals surface area contributed by atoms with E-state index in [1.165, 1.54) is 0 Å². The van der Waals surface area contributed by atoms with Gasteiger partial charge < -0.3 is 21.1 Å². The smallest absolute Gasteiger partial charge is 0.253 e. The number of nitrogens with two attached hydrogens (primary N) is 1. The zero-order chi connectivity index (χ0) is 18.4. The standard InChI is InChI=1S/C20H23N3O3/c21-17(13-14-5-2-1-3-6-14)19(24)22-15-8-10-16(11-9-15)23-20(25)18-7-4-12-26-18/h1-3,5-6,8-11,17-18H,4,7,12-13,21H2,(H,22,24)(H,23,25). The van der Waals surface area contributed by atoms with Gasteiger partial charge in [0, 0.05) is 18.0 Å². The van der Waals surface area contributed by atoms with Crippen molar-refractivity contribution in [3.05, 3.63) is 60.2 Å². The molecule has 4 N–H and O–H groups in total. The van der Waals surface area contributed by atoms with Crippen LogP contribution in [0.4, 0.5) is 11.4 Å². The second-order valence-corrected chi connectivity index (χ2v) is 6.35. The normalized spacial score (nSPS) is 17.5. The lowest BCUT2D eigenvalue weighted by Gasteiger charge is -2.13. The molecule has 1 heterocycles. The molecular formula is C20H23N3O3. The van der Waals surface area contributed by atoms with E-state index in [9.17, 15) is 9.59 Å². The fourth-order valence-electron chi connectivity index (χ4n) is 2.84. The molecule has 6 nitrogen and oxygen atoms in total. The van der Waals surface area contributed by atoms with Crippen LogP contribution < -0.4 is 16.4 Å². The first-order valence-corrected chi connectivity index (χ1v) is 8.75. The highest BCUT2D eigenvalue weighted by Crippen LogP contribution is 2.17. The zero-order valence-corrected chi connectivity index (χ0v) is 14.5. The van der Waals surface area contributed by atoms with Crippen molar-refractivity contribution in [2.45, 2.75) is 31.4 Å². The van der Waals surface area contributed by atoms with Crippen molar-refractivity contribution >= 4 is 23.2 Å². The molecule has 1 saturated heterocycles. The van der Waals surface area contributed by atoms with Gasteiger partial charge in [0.1, 0.15) is 6.10 Å². The van der Waals surface area contributed by atoms with E-state index in [2.05, 4.69) is 10.6 Å². The summed E-state index contributed by atoms with van der Waals surface area (Å²) in [5, 5.41) is 5.61. The van der Waals surface area contributed by atoms with E-state index in [1.54, 1.807) is 24.3 Å². The summed E-state index contributed by atoms with van der Waals surface area (Å²) in [6.07, 6.45) is 1.76. The Labute approximate surface area is 152 Å². The number of hydrogen-bond acceptors (Lipinski definition) is 4. The Morgan fingerprint density at radius 3 is 2.31 bits per heavy atom. The zero-order valence-electron chi connectivity index (χ0n) is 14.5. The van der Waals surface area contributed by atoms with Crippen LogP contribution >= 0.6 is 0 Å². The molecule has 0 bridgehead atoms. The van der Waals surface area contributed by atoms with Crippen molar-refractivity contribution in [1.82, 2.24) is 0 Å². The lowest BCUT2D eigenvalue weighted by molar-refractivity contribution is -0.124. The lowest BCUT2D eigenvalue weighted by Crippen LogP contribution is -2.37. The minimum absolute atomic E-state index is 0.135. The topological polar surface area (TPSA) is 93.5 Å². The van der Waals surface area contributed by atoms with Crippen LogP contribution in [0.2, 0.25) is 0 Å². The van der Waals surface area contributed by atoms with E-state index in [0.717, 1.165) is 18.4 Å². The summed E-state index contributed by atoms with van der Waals surface area (Å²) in [5.41, 5.74) is 8.29. The Bertz CT molecular complexity index is 741. The van der Waals surface area contributed by atoms with Crippen molar-refractivity contribution in [2.75, 3.05) is 17.2 Å². The Morgan fingerprint density at radius 1 is 1.04 bits per heavy atom. The largest absolute Gasteiger partial charge is 0.368 e. The molecule has 3 rings (SSSR count). The van der Waals surface area contributed by atoms with Gasteiger partial charge in [-0.05, 0) is 49.1 Å².